The molecule has 0 bridgehead atoms. The zero-order valence-corrected chi connectivity index (χ0v) is 9.71. The molecule has 0 aromatic carbocycles. The van der Waals surface area contributed by atoms with E-state index in [-0.39, 0.29) is 0 Å². The predicted molar refractivity (Wildman–Crippen MR) is 61.6 cm³/mol. The first kappa shape index (κ1) is 11.4. The number of nitrogens with one attached hydrogen (secondary N) is 1. The lowest BCUT2D eigenvalue weighted by Crippen LogP contribution is -2.42. The molecule has 2 heterocycles. The first-order valence-corrected chi connectivity index (χ1v) is 6.55. The van der Waals surface area contributed by atoms with Crippen LogP contribution in [0.25, 0.3) is 0 Å². The SMILES string of the molecule is C1CCN(NCCCC2CCCO2)CC1. The molecule has 0 aromatic rings. The molecule has 0 aromatic heterocycles. The van der Waals surface area contributed by atoms with E-state index in [4.69, 9.17) is 4.74 Å². The van der Waals surface area contributed by atoms with Crippen molar-refractivity contribution in [2.75, 3.05) is 26.2 Å². The highest BCUT2D eigenvalue weighted by molar-refractivity contribution is 4.66. The third-order valence-electron chi connectivity index (χ3n) is 3.42. The van der Waals surface area contributed by atoms with Crippen molar-refractivity contribution in [3.63, 3.8) is 0 Å². The summed E-state index contributed by atoms with van der Waals surface area (Å²) in [5.41, 5.74) is 3.52. The van der Waals surface area contributed by atoms with Gasteiger partial charge in [0.05, 0.1) is 6.10 Å². The van der Waals surface area contributed by atoms with E-state index in [0.29, 0.717) is 6.10 Å². The summed E-state index contributed by atoms with van der Waals surface area (Å²) in [6, 6.07) is 0. The maximum absolute atomic E-state index is 5.60. The average Bonchev–Trinajstić information content (AvgIpc) is 2.79. The Morgan fingerprint density at radius 3 is 2.73 bits per heavy atom. The molecule has 88 valence electrons. The minimum Gasteiger partial charge on any atom is -0.378 e. The molecule has 2 fully saturated rings. The van der Waals surface area contributed by atoms with Crippen molar-refractivity contribution in [2.24, 2.45) is 0 Å². The topological polar surface area (TPSA) is 24.5 Å². The molecule has 3 heteroatoms. The van der Waals surface area contributed by atoms with Crippen LogP contribution in [0.5, 0.6) is 0 Å². The zero-order chi connectivity index (χ0) is 10.3. The van der Waals surface area contributed by atoms with Gasteiger partial charge in [0.25, 0.3) is 0 Å². The quantitative estimate of drug-likeness (QED) is 0.705. The van der Waals surface area contributed by atoms with Crippen LogP contribution in [0.4, 0.5) is 0 Å². The minimum atomic E-state index is 0.563. The van der Waals surface area contributed by atoms with Gasteiger partial charge < -0.3 is 4.74 Å². The second-order valence-corrected chi connectivity index (χ2v) is 4.73. The van der Waals surface area contributed by atoms with Crippen LogP contribution in [0, 0.1) is 0 Å². The fourth-order valence-corrected chi connectivity index (χ4v) is 2.49. The molecule has 2 saturated heterocycles. The summed E-state index contributed by atoms with van der Waals surface area (Å²) < 4.78 is 5.60. The largest absolute Gasteiger partial charge is 0.378 e. The van der Waals surface area contributed by atoms with Gasteiger partial charge >= 0.3 is 0 Å². The Balaban J connectivity index is 1.47. The van der Waals surface area contributed by atoms with Crippen molar-refractivity contribution >= 4 is 0 Å². The molecule has 0 saturated carbocycles. The summed E-state index contributed by atoms with van der Waals surface area (Å²) >= 11 is 0. The van der Waals surface area contributed by atoms with Crippen LogP contribution in [-0.4, -0.2) is 37.4 Å². The summed E-state index contributed by atoms with van der Waals surface area (Å²) in [5.74, 6) is 0. The Labute approximate surface area is 93.1 Å². The number of hydrogen-bond acceptors (Lipinski definition) is 3. The molecule has 15 heavy (non-hydrogen) atoms. The average molecular weight is 212 g/mol. The van der Waals surface area contributed by atoms with E-state index in [1.54, 1.807) is 0 Å². The molecule has 3 nitrogen and oxygen atoms in total. The van der Waals surface area contributed by atoms with Gasteiger partial charge in [-0.25, -0.2) is 5.01 Å². The maximum Gasteiger partial charge on any atom is 0.0576 e. The number of rotatable bonds is 5. The fraction of sp³-hybridized carbons (Fsp3) is 1.00. The van der Waals surface area contributed by atoms with E-state index in [1.165, 1.54) is 58.0 Å². The van der Waals surface area contributed by atoms with Crippen LogP contribution in [0.15, 0.2) is 0 Å². The highest BCUT2D eigenvalue weighted by Crippen LogP contribution is 2.16. The standard InChI is InChI=1S/C12H24N2O/c1-2-9-14(10-3-1)13-8-4-6-12-7-5-11-15-12/h12-13H,1-11H2. The molecular weight excluding hydrogens is 188 g/mol. The first-order valence-electron chi connectivity index (χ1n) is 6.55. The van der Waals surface area contributed by atoms with Gasteiger partial charge in [0.1, 0.15) is 0 Å². The van der Waals surface area contributed by atoms with Gasteiger partial charge in [0, 0.05) is 26.2 Å². The van der Waals surface area contributed by atoms with E-state index in [2.05, 4.69) is 10.4 Å². The first-order chi connectivity index (χ1) is 7.45. The number of nitrogens with zero attached hydrogens (tertiary/aromatic N) is 1. The van der Waals surface area contributed by atoms with Gasteiger partial charge in [-0.3, -0.25) is 5.43 Å². The zero-order valence-electron chi connectivity index (χ0n) is 9.71. The van der Waals surface area contributed by atoms with Gasteiger partial charge in [0.2, 0.25) is 0 Å². The van der Waals surface area contributed by atoms with Crippen molar-refractivity contribution in [1.82, 2.24) is 10.4 Å². The molecule has 2 aliphatic rings. The Morgan fingerprint density at radius 1 is 1.13 bits per heavy atom. The summed E-state index contributed by atoms with van der Waals surface area (Å²) in [6.07, 6.45) is 9.73. The van der Waals surface area contributed by atoms with Gasteiger partial charge in [-0.05, 0) is 38.5 Å². The van der Waals surface area contributed by atoms with E-state index >= 15 is 0 Å². The lowest BCUT2D eigenvalue weighted by Gasteiger charge is -2.27. The lowest BCUT2D eigenvalue weighted by molar-refractivity contribution is 0.0975. The Hall–Kier alpha value is -0.120. The van der Waals surface area contributed by atoms with Crippen molar-refractivity contribution in [3.05, 3.63) is 0 Å². The van der Waals surface area contributed by atoms with Crippen LogP contribution >= 0.6 is 0 Å². The molecule has 0 spiro atoms. The Kier molecular flexibility index (Phi) is 4.90. The van der Waals surface area contributed by atoms with E-state index < -0.39 is 0 Å². The number of hydrogen-bond donors (Lipinski definition) is 1. The molecule has 0 aliphatic carbocycles. The van der Waals surface area contributed by atoms with Crippen molar-refractivity contribution in [2.45, 2.75) is 51.0 Å². The smallest absolute Gasteiger partial charge is 0.0576 e. The van der Waals surface area contributed by atoms with E-state index in [0.717, 1.165) is 13.2 Å². The molecule has 1 N–H and O–H groups in total. The van der Waals surface area contributed by atoms with Crippen molar-refractivity contribution in [1.29, 1.82) is 0 Å². The van der Waals surface area contributed by atoms with Crippen LogP contribution in [0.3, 0.4) is 0 Å². The number of ether oxygens (including phenoxy) is 1. The Bertz CT molecular complexity index is 163. The summed E-state index contributed by atoms with van der Waals surface area (Å²) in [5, 5.41) is 2.39. The minimum absolute atomic E-state index is 0.563. The second-order valence-electron chi connectivity index (χ2n) is 4.73. The molecule has 0 radical (unpaired) electrons. The monoisotopic (exact) mass is 212 g/mol. The van der Waals surface area contributed by atoms with Crippen LogP contribution in [-0.2, 0) is 4.74 Å². The highest BCUT2D eigenvalue weighted by Gasteiger charge is 2.15. The number of piperidine rings is 1. The molecule has 1 atom stereocenters. The number of hydrazine groups is 1. The second kappa shape index (κ2) is 6.46. The van der Waals surface area contributed by atoms with Crippen LogP contribution in [0.1, 0.15) is 44.9 Å². The van der Waals surface area contributed by atoms with Crippen LogP contribution < -0.4 is 5.43 Å². The third kappa shape index (κ3) is 4.09. The maximum atomic E-state index is 5.60. The lowest BCUT2D eigenvalue weighted by atomic mass is 10.1. The fourth-order valence-electron chi connectivity index (χ4n) is 2.49. The van der Waals surface area contributed by atoms with Crippen molar-refractivity contribution in [3.8, 4) is 0 Å². The van der Waals surface area contributed by atoms with Crippen molar-refractivity contribution < 1.29 is 4.74 Å². The normalized spacial score (nSPS) is 28.4. The molecule has 2 aliphatic heterocycles. The molecule has 2 rings (SSSR count). The Morgan fingerprint density at radius 2 is 2.00 bits per heavy atom. The molecule has 0 amide bonds. The molecular formula is C12H24N2O. The van der Waals surface area contributed by atoms with Gasteiger partial charge in [-0.15, -0.1) is 0 Å². The van der Waals surface area contributed by atoms with Gasteiger partial charge in [-0.1, -0.05) is 6.42 Å². The summed E-state index contributed by atoms with van der Waals surface area (Å²) in [7, 11) is 0. The predicted octanol–water partition coefficient (Wildman–Crippen LogP) is 1.94. The van der Waals surface area contributed by atoms with Crippen LogP contribution in [0.2, 0.25) is 0 Å². The van der Waals surface area contributed by atoms with Gasteiger partial charge in [0.15, 0.2) is 0 Å². The summed E-state index contributed by atoms with van der Waals surface area (Å²) in [4.78, 5) is 0. The highest BCUT2D eigenvalue weighted by atomic mass is 16.5. The summed E-state index contributed by atoms with van der Waals surface area (Å²) in [6.45, 7) is 4.59. The van der Waals surface area contributed by atoms with E-state index in [9.17, 15) is 0 Å². The molecule has 1 unspecified atom stereocenters. The van der Waals surface area contributed by atoms with E-state index in [1.807, 2.05) is 0 Å². The van der Waals surface area contributed by atoms with Gasteiger partial charge in [-0.2, -0.15) is 0 Å². The third-order valence-corrected chi connectivity index (χ3v) is 3.42.